The van der Waals surface area contributed by atoms with E-state index in [4.69, 9.17) is 23.7 Å². The molecular weight excluding hydrogens is 925 g/mol. The second-order valence-electron chi connectivity index (χ2n) is 18.7. The average molecular weight is 993 g/mol. The Bertz CT molecular complexity index is 2670. The molecule has 0 amide bonds. The summed E-state index contributed by atoms with van der Waals surface area (Å²) in [5.74, 6) is -1.42. The molecule has 0 unspecified atom stereocenters. The fourth-order valence-electron chi connectivity index (χ4n) is 8.67. The molecule has 0 radical (unpaired) electrons. The van der Waals surface area contributed by atoms with Gasteiger partial charge in [-0.1, -0.05) is 164 Å². The van der Waals surface area contributed by atoms with Crippen molar-refractivity contribution in [3.63, 3.8) is 0 Å². The molecule has 0 aliphatic rings. The summed E-state index contributed by atoms with van der Waals surface area (Å²) < 4.78 is 27.8. The maximum atomic E-state index is 13.3. The van der Waals surface area contributed by atoms with Crippen molar-refractivity contribution in [2.45, 2.75) is 117 Å². The van der Waals surface area contributed by atoms with E-state index in [9.17, 15) is 19.2 Å². The summed E-state index contributed by atoms with van der Waals surface area (Å²) >= 11 is 0. The van der Waals surface area contributed by atoms with E-state index in [0.29, 0.717) is 11.1 Å². The molecule has 0 atom stereocenters. The number of carbonyl (C=O) groups is 4. The Morgan fingerprint density at radius 3 is 0.865 bits per heavy atom. The Labute approximate surface area is 436 Å². The van der Waals surface area contributed by atoms with Crippen LogP contribution in [0.2, 0.25) is 0 Å². The molecule has 382 valence electrons. The van der Waals surface area contributed by atoms with Crippen molar-refractivity contribution in [1.82, 2.24) is 0 Å². The lowest BCUT2D eigenvalue weighted by Gasteiger charge is -2.11. The third-order valence-electron chi connectivity index (χ3n) is 13.1. The molecule has 74 heavy (non-hydrogen) atoms. The molecule has 7 aromatic carbocycles. The number of ether oxygens (including phenoxy) is 5. The van der Waals surface area contributed by atoms with E-state index in [-0.39, 0.29) is 39.9 Å². The molecule has 9 heteroatoms. The van der Waals surface area contributed by atoms with E-state index in [0.717, 1.165) is 35.1 Å². The van der Waals surface area contributed by atoms with Crippen LogP contribution in [0.15, 0.2) is 164 Å². The lowest BCUT2D eigenvalue weighted by atomic mass is 10.00. The van der Waals surface area contributed by atoms with Crippen molar-refractivity contribution >= 4 is 23.9 Å². The van der Waals surface area contributed by atoms with Crippen LogP contribution < -0.4 is 23.7 Å². The Hall–Kier alpha value is -7.78. The topological polar surface area (TPSA) is 114 Å². The fourth-order valence-corrected chi connectivity index (χ4v) is 8.67. The zero-order valence-electron chi connectivity index (χ0n) is 43.1. The first kappa shape index (κ1) is 54.0. The molecule has 0 bridgehead atoms. The normalized spacial score (nSPS) is 10.9. The molecule has 0 saturated heterocycles. The summed E-state index contributed by atoms with van der Waals surface area (Å²) in [7, 11) is 1.41. The predicted molar refractivity (Wildman–Crippen MR) is 293 cm³/mol. The number of carbonyl (C=O) groups excluding carboxylic acids is 4. The van der Waals surface area contributed by atoms with Crippen LogP contribution in [0.3, 0.4) is 0 Å². The van der Waals surface area contributed by atoms with Gasteiger partial charge in [0, 0.05) is 0 Å². The smallest absolute Gasteiger partial charge is 0.343 e. The minimum absolute atomic E-state index is 0.0389. The van der Waals surface area contributed by atoms with E-state index in [1.807, 2.05) is 24.3 Å². The second kappa shape index (κ2) is 28.5. The molecule has 0 aliphatic heterocycles. The van der Waals surface area contributed by atoms with Crippen LogP contribution in [0.1, 0.15) is 156 Å². The lowest BCUT2D eigenvalue weighted by Crippen LogP contribution is -2.13. The summed E-state index contributed by atoms with van der Waals surface area (Å²) in [6.07, 6.45) is 20.3. The molecule has 0 heterocycles. The molecule has 7 aromatic rings. The number of hydrogen-bond acceptors (Lipinski definition) is 9. The van der Waals surface area contributed by atoms with Crippen molar-refractivity contribution in [2.24, 2.45) is 0 Å². The molecule has 7 rings (SSSR count). The number of aryl methyl sites for hydroxylation is 2. The number of methoxy groups -OCH3 is 1. The van der Waals surface area contributed by atoms with Gasteiger partial charge in [0.1, 0.15) is 28.7 Å². The number of unbranched alkanes of at least 4 members (excludes halogenated alkanes) is 12. The molecular formula is C65H68O9. The van der Waals surface area contributed by atoms with Gasteiger partial charge >= 0.3 is 23.9 Å². The monoisotopic (exact) mass is 992 g/mol. The molecule has 9 nitrogen and oxygen atoms in total. The van der Waals surface area contributed by atoms with Crippen LogP contribution in [0.5, 0.6) is 28.7 Å². The quantitative estimate of drug-likeness (QED) is 0.0282. The van der Waals surface area contributed by atoms with Gasteiger partial charge in [-0.25, -0.2) is 19.2 Å². The Balaban J connectivity index is 0.853. The van der Waals surface area contributed by atoms with Crippen LogP contribution in [0, 0.1) is 0 Å². The predicted octanol–water partition coefficient (Wildman–Crippen LogP) is 16.5. The zero-order chi connectivity index (χ0) is 51.9. The van der Waals surface area contributed by atoms with E-state index in [1.165, 1.54) is 175 Å². The summed E-state index contributed by atoms with van der Waals surface area (Å²) in [5.41, 5.74) is 7.71. The van der Waals surface area contributed by atoms with E-state index in [2.05, 4.69) is 62.4 Å². The Morgan fingerprint density at radius 2 is 0.568 bits per heavy atom. The third kappa shape index (κ3) is 16.6. The first-order chi connectivity index (χ1) is 36.2. The number of benzene rings is 7. The average Bonchev–Trinajstić information content (AvgIpc) is 3.43. The lowest BCUT2D eigenvalue weighted by molar-refractivity contribution is 0.0714. The standard InChI is InChI=1S/C65H68O9/c1-4-6-8-10-12-14-16-18-47-20-24-49(25-21-47)51-28-32-53(33-29-51)62(66)71-57-36-40-59(41-37-57)73-64(68)55-44-56(46-61(45-55)70-3)65(69)74-60-42-38-58(39-43-60)72-63(67)54-34-30-52(31-35-54)50-26-22-48(23-27-50)19-17-15-13-11-9-7-5-2/h20-46H,4-19H2,1-3H3. The number of hydrogen-bond donors (Lipinski definition) is 0. The van der Waals surface area contributed by atoms with Gasteiger partial charge in [0.2, 0.25) is 0 Å². The third-order valence-corrected chi connectivity index (χ3v) is 13.1. The van der Waals surface area contributed by atoms with Gasteiger partial charge in [0.25, 0.3) is 0 Å². The maximum absolute atomic E-state index is 13.3. The van der Waals surface area contributed by atoms with Crippen molar-refractivity contribution in [1.29, 1.82) is 0 Å². The van der Waals surface area contributed by atoms with Crippen molar-refractivity contribution in [3.05, 3.63) is 197 Å². The van der Waals surface area contributed by atoms with Crippen molar-refractivity contribution in [2.75, 3.05) is 7.11 Å². The van der Waals surface area contributed by atoms with Crippen LogP contribution in [0.4, 0.5) is 0 Å². The minimum atomic E-state index is -0.755. The summed E-state index contributed by atoms with van der Waals surface area (Å²) in [5, 5.41) is 0. The second-order valence-corrected chi connectivity index (χ2v) is 18.7. The van der Waals surface area contributed by atoms with E-state index in [1.54, 1.807) is 24.3 Å². The Morgan fingerprint density at radius 1 is 0.297 bits per heavy atom. The van der Waals surface area contributed by atoms with Crippen molar-refractivity contribution in [3.8, 4) is 51.0 Å². The van der Waals surface area contributed by atoms with Gasteiger partial charge in [-0.2, -0.15) is 0 Å². The maximum Gasteiger partial charge on any atom is 0.343 e. The largest absolute Gasteiger partial charge is 0.497 e. The zero-order valence-corrected chi connectivity index (χ0v) is 43.1. The van der Waals surface area contributed by atoms with E-state index >= 15 is 0 Å². The fraction of sp³-hybridized carbons (Fsp3) is 0.292. The van der Waals surface area contributed by atoms with Gasteiger partial charge in [-0.05, 0) is 150 Å². The molecule has 0 fully saturated rings. The van der Waals surface area contributed by atoms with Gasteiger partial charge < -0.3 is 23.7 Å². The first-order valence-corrected chi connectivity index (χ1v) is 26.3. The highest BCUT2D eigenvalue weighted by molar-refractivity contribution is 5.98. The first-order valence-electron chi connectivity index (χ1n) is 26.3. The molecule has 0 aliphatic carbocycles. The van der Waals surface area contributed by atoms with Gasteiger partial charge in [-0.3, -0.25) is 0 Å². The van der Waals surface area contributed by atoms with Gasteiger partial charge in [0.05, 0.1) is 29.4 Å². The van der Waals surface area contributed by atoms with Gasteiger partial charge in [-0.15, -0.1) is 0 Å². The van der Waals surface area contributed by atoms with Gasteiger partial charge in [0.15, 0.2) is 0 Å². The molecule has 0 saturated carbocycles. The van der Waals surface area contributed by atoms with Crippen LogP contribution in [-0.2, 0) is 12.8 Å². The molecule has 0 N–H and O–H groups in total. The summed E-state index contributed by atoms with van der Waals surface area (Å²) in [6, 6.07) is 48.2. The van der Waals surface area contributed by atoms with Crippen LogP contribution in [-0.4, -0.2) is 31.0 Å². The summed E-state index contributed by atoms with van der Waals surface area (Å²) in [4.78, 5) is 52.7. The molecule has 0 spiro atoms. The van der Waals surface area contributed by atoms with Crippen LogP contribution in [0.25, 0.3) is 22.3 Å². The highest BCUT2D eigenvalue weighted by Gasteiger charge is 2.19. The number of rotatable bonds is 27. The van der Waals surface area contributed by atoms with Crippen molar-refractivity contribution < 1.29 is 42.9 Å². The highest BCUT2D eigenvalue weighted by Crippen LogP contribution is 2.27. The SMILES string of the molecule is CCCCCCCCCc1ccc(-c2ccc(C(=O)Oc3ccc(OC(=O)c4cc(OC)cc(C(=O)Oc5ccc(OC(=O)c6ccc(-c7ccc(CCCCCCCCC)cc7)cc6)cc5)c4)cc3)cc2)cc1. The van der Waals surface area contributed by atoms with Crippen LogP contribution >= 0.6 is 0 Å². The number of esters is 4. The highest BCUT2D eigenvalue weighted by atomic mass is 16.5. The minimum Gasteiger partial charge on any atom is -0.497 e. The molecule has 0 aromatic heterocycles. The summed E-state index contributed by atoms with van der Waals surface area (Å²) in [6.45, 7) is 4.49. The Kier molecular flexibility index (Phi) is 20.8. The van der Waals surface area contributed by atoms with E-state index < -0.39 is 23.9 Å².